The van der Waals surface area contributed by atoms with Crippen LogP contribution in [0.4, 0.5) is 4.79 Å². The number of amides is 1. The summed E-state index contributed by atoms with van der Waals surface area (Å²) in [6, 6.07) is 29.6. The summed E-state index contributed by atoms with van der Waals surface area (Å²) >= 11 is 0. The number of ether oxygens (including phenoxy) is 3. The van der Waals surface area contributed by atoms with Gasteiger partial charge in [-0.25, -0.2) is 14.4 Å². The van der Waals surface area contributed by atoms with Gasteiger partial charge in [-0.15, -0.1) is 0 Å². The van der Waals surface area contributed by atoms with Crippen LogP contribution in [0.25, 0.3) is 22.1 Å². The van der Waals surface area contributed by atoms with Crippen LogP contribution < -0.4 is 20.4 Å². The number of methoxy groups -OCH3 is 1. The first-order valence-electron chi connectivity index (χ1n) is 13.4. The van der Waals surface area contributed by atoms with Gasteiger partial charge in [-0.05, 0) is 53.4 Å². The summed E-state index contributed by atoms with van der Waals surface area (Å²) in [7, 11) is 1.58. The van der Waals surface area contributed by atoms with Crippen molar-refractivity contribution in [2.24, 2.45) is 0 Å². The van der Waals surface area contributed by atoms with Crippen molar-refractivity contribution in [3.8, 4) is 22.6 Å². The monoisotopic (exact) mass is 563 g/mol. The number of hydrogen-bond acceptors (Lipinski definition) is 7. The Bertz CT molecular complexity index is 1750. The Balaban J connectivity index is 1.39. The minimum absolute atomic E-state index is 0.0547. The number of aryl methyl sites for hydroxylation is 1. The molecule has 1 aromatic heterocycles. The molecule has 1 atom stereocenters. The lowest BCUT2D eigenvalue weighted by molar-refractivity contribution is -0.136. The van der Waals surface area contributed by atoms with Gasteiger partial charge in [0.1, 0.15) is 29.7 Å². The summed E-state index contributed by atoms with van der Waals surface area (Å²) in [6.07, 6.45) is -0.564. The zero-order chi connectivity index (χ0) is 29.5. The van der Waals surface area contributed by atoms with Crippen LogP contribution >= 0.6 is 0 Å². The molecule has 0 saturated carbocycles. The van der Waals surface area contributed by atoms with Crippen LogP contribution in [-0.4, -0.2) is 25.2 Å². The van der Waals surface area contributed by atoms with Crippen LogP contribution in [-0.2, 0) is 22.6 Å². The molecule has 0 aliphatic carbocycles. The molecule has 8 nitrogen and oxygen atoms in total. The van der Waals surface area contributed by atoms with Gasteiger partial charge < -0.3 is 23.9 Å². The predicted octanol–water partition coefficient (Wildman–Crippen LogP) is 6.22. The van der Waals surface area contributed by atoms with E-state index in [2.05, 4.69) is 5.32 Å². The maximum atomic E-state index is 13.4. The summed E-state index contributed by atoms with van der Waals surface area (Å²) in [6.45, 7) is 1.76. The third kappa shape index (κ3) is 6.67. The van der Waals surface area contributed by atoms with E-state index in [-0.39, 0.29) is 18.8 Å². The number of carbonyl (C=O) groups is 2. The number of carbonyl (C=O) groups excluding carboxylic acids is 2. The van der Waals surface area contributed by atoms with E-state index in [1.54, 1.807) is 26.2 Å². The minimum atomic E-state index is -1.04. The molecular formula is C34H29NO7. The third-order valence-electron chi connectivity index (χ3n) is 6.79. The molecule has 8 heteroatoms. The average Bonchev–Trinajstić information content (AvgIpc) is 3.02. The summed E-state index contributed by atoms with van der Waals surface area (Å²) in [5.74, 6) is 0.214. The highest BCUT2D eigenvalue weighted by Crippen LogP contribution is 2.34. The van der Waals surface area contributed by atoms with E-state index in [0.29, 0.717) is 27.8 Å². The fourth-order valence-corrected chi connectivity index (χ4v) is 4.59. The number of fused-ring (bicyclic) bond motifs is 1. The van der Waals surface area contributed by atoms with Gasteiger partial charge in [0.25, 0.3) is 0 Å². The van der Waals surface area contributed by atoms with E-state index in [1.165, 1.54) is 6.07 Å². The normalized spacial score (nSPS) is 11.5. The summed E-state index contributed by atoms with van der Waals surface area (Å²) in [5.41, 5.74) is 3.36. The van der Waals surface area contributed by atoms with Gasteiger partial charge in [-0.3, -0.25) is 0 Å². The minimum Gasteiger partial charge on any atom is -0.497 e. The van der Waals surface area contributed by atoms with E-state index in [9.17, 15) is 14.4 Å². The lowest BCUT2D eigenvalue weighted by Crippen LogP contribution is -2.44. The van der Waals surface area contributed by atoms with Crippen molar-refractivity contribution in [2.75, 3.05) is 7.11 Å². The molecule has 1 N–H and O–H groups in total. The number of hydrogen-bond donors (Lipinski definition) is 1. The molecule has 212 valence electrons. The Morgan fingerprint density at radius 1 is 0.857 bits per heavy atom. The van der Waals surface area contributed by atoms with E-state index >= 15 is 0 Å². The molecule has 4 aromatic carbocycles. The van der Waals surface area contributed by atoms with Gasteiger partial charge in [-0.1, -0.05) is 72.8 Å². The maximum absolute atomic E-state index is 13.4. The number of alkyl carbamates (subject to hydrolysis) is 1. The molecule has 5 aromatic rings. The molecule has 0 aliphatic heterocycles. The van der Waals surface area contributed by atoms with E-state index in [4.69, 9.17) is 18.6 Å². The topological polar surface area (TPSA) is 104 Å². The summed E-state index contributed by atoms with van der Waals surface area (Å²) in [5, 5.41) is 3.32. The first-order valence-corrected chi connectivity index (χ1v) is 13.4. The third-order valence-corrected chi connectivity index (χ3v) is 6.79. The molecule has 5 rings (SSSR count). The fraction of sp³-hybridized carbons (Fsp3) is 0.147. The van der Waals surface area contributed by atoms with Crippen molar-refractivity contribution in [1.82, 2.24) is 5.32 Å². The second kappa shape index (κ2) is 12.9. The number of benzene rings is 4. The van der Waals surface area contributed by atoms with E-state index < -0.39 is 23.7 Å². The Labute approximate surface area is 242 Å². The predicted molar refractivity (Wildman–Crippen MR) is 159 cm³/mol. The first-order chi connectivity index (χ1) is 20.4. The second-order valence-electron chi connectivity index (χ2n) is 9.64. The Morgan fingerprint density at radius 3 is 2.19 bits per heavy atom. The Morgan fingerprint density at radius 2 is 1.52 bits per heavy atom. The van der Waals surface area contributed by atoms with E-state index in [0.717, 1.165) is 16.7 Å². The van der Waals surface area contributed by atoms with Gasteiger partial charge in [0.05, 0.1) is 7.11 Å². The lowest BCUT2D eigenvalue weighted by atomic mass is 10.00. The van der Waals surface area contributed by atoms with Crippen LogP contribution in [0.15, 0.2) is 112 Å². The highest BCUT2D eigenvalue weighted by atomic mass is 16.6. The maximum Gasteiger partial charge on any atom is 0.408 e. The summed E-state index contributed by atoms with van der Waals surface area (Å²) < 4.78 is 21.9. The van der Waals surface area contributed by atoms with Crippen molar-refractivity contribution in [3.63, 3.8) is 0 Å². The van der Waals surface area contributed by atoms with Crippen LogP contribution in [0, 0.1) is 6.92 Å². The van der Waals surface area contributed by atoms with Crippen LogP contribution in [0.1, 0.15) is 16.7 Å². The first kappa shape index (κ1) is 28.2. The molecule has 0 saturated heterocycles. The smallest absolute Gasteiger partial charge is 0.408 e. The zero-order valence-corrected chi connectivity index (χ0v) is 23.2. The molecule has 42 heavy (non-hydrogen) atoms. The van der Waals surface area contributed by atoms with Crippen molar-refractivity contribution in [2.45, 2.75) is 26.0 Å². The van der Waals surface area contributed by atoms with Crippen molar-refractivity contribution >= 4 is 23.0 Å². The largest absolute Gasteiger partial charge is 0.497 e. The van der Waals surface area contributed by atoms with Crippen LogP contribution in [0.3, 0.4) is 0 Å². The summed E-state index contributed by atoms with van der Waals surface area (Å²) in [4.78, 5) is 38.6. The van der Waals surface area contributed by atoms with E-state index in [1.807, 2.05) is 84.9 Å². The van der Waals surface area contributed by atoms with Gasteiger partial charge in [0, 0.05) is 23.4 Å². The highest BCUT2D eigenvalue weighted by molar-refractivity contribution is 5.96. The molecule has 0 bridgehead atoms. The lowest BCUT2D eigenvalue weighted by Gasteiger charge is -2.19. The SMILES string of the molecule is COc1ccc(-c2cc(=O)oc3c(C)c(OC(=O)[C@H](Cc4ccccc4)NC(=O)OCc4ccccc4)ccc23)cc1. The van der Waals surface area contributed by atoms with Gasteiger partial charge in [0.15, 0.2) is 0 Å². The Kier molecular flexibility index (Phi) is 8.63. The van der Waals surface area contributed by atoms with Crippen LogP contribution in [0.5, 0.6) is 11.5 Å². The quantitative estimate of drug-likeness (QED) is 0.129. The highest BCUT2D eigenvalue weighted by Gasteiger charge is 2.25. The molecule has 0 unspecified atom stereocenters. The molecule has 0 radical (unpaired) electrons. The Hall–Kier alpha value is -5.37. The van der Waals surface area contributed by atoms with Crippen molar-refractivity contribution in [1.29, 1.82) is 0 Å². The van der Waals surface area contributed by atoms with Gasteiger partial charge in [-0.2, -0.15) is 0 Å². The van der Waals surface area contributed by atoms with Crippen molar-refractivity contribution < 1.29 is 28.2 Å². The average molecular weight is 564 g/mol. The number of esters is 1. The molecule has 0 fully saturated rings. The van der Waals surface area contributed by atoms with Gasteiger partial charge >= 0.3 is 17.7 Å². The zero-order valence-electron chi connectivity index (χ0n) is 23.2. The second-order valence-corrected chi connectivity index (χ2v) is 9.64. The molecule has 1 heterocycles. The standard InChI is InChI=1S/C34H29NO7/c1-22-30(18-17-27-28(20-31(36)42-32(22)27)25-13-15-26(39-2)16-14-25)41-33(37)29(19-23-9-5-3-6-10-23)35-34(38)40-21-24-11-7-4-8-12-24/h3-18,20,29H,19,21H2,1-2H3,(H,35,38)/t29-/m0/s1. The number of nitrogens with one attached hydrogen (secondary N) is 1. The molecular weight excluding hydrogens is 534 g/mol. The molecule has 0 aliphatic rings. The fourth-order valence-electron chi connectivity index (χ4n) is 4.59. The molecule has 1 amide bonds. The van der Waals surface area contributed by atoms with Crippen LogP contribution in [0.2, 0.25) is 0 Å². The van der Waals surface area contributed by atoms with Crippen molar-refractivity contribution in [3.05, 3.63) is 130 Å². The number of rotatable bonds is 9. The molecule has 0 spiro atoms. The van der Waals surface area contributed by atoms with Gasteiger partial charge in [0.2, 0.25) is 0 Å².